The van der Waals surface area contributed by atoms with Gasteiger partial charge in [0.2, 0.25) is 0 Å². The number of hydrogen-bond acceptors (Lipinski definition) is 4. The highest BCUT2D eigenvalue weighted by atomic mass is 127. The van der Waals surface area contributed by atoms with Crippen molar-refractivity contribution >= 4 is 35.6 Å². The Hall–Kier alpha value is -1.13. The summed E-state index contributed by atoms with van der Waals surface area (Å²) in [7, 11) is 0. The number of nitrogens with one attached hydrogen (secondary N) is 2. The van der Waals surface area contributed by atoms with Crippen molar-refractivity contribution in [3.05, 3.63) is 30.1 Å². The molecule has 8 heteroatoms. The molecule has 0 aliphatic carbocycles. The molecule has 1 aromatic carbocycles. The Kier molecular flexibility index (Phi) is 11.5. The zero-order chi connectivity index (χ0) is 17.0. The molecule has 25 heavy (non-hydrogen) atoms. The highest BCUT2D eigenvalue weighted by Crippen LogP contribution is 2.08. The Balaban J connectivity index is 0.00000312. The zero-order valence-corrected chi connectivity index (χ0v) is 16.9. The lowest BCUT2D eigenvalue weighted by Gasteiger charge is -2.26. The second-order valence-corrected chi connectivity index (χ2v) is 5.79. The summed E-state index contributed by atoms with van der Waals surface area (Å²) in [6, 6.07) is 6.44. The first-order valence-electron chi connectivity index (χ1n) is 8.57. The first kappa shape index (κ1) is 21.9. The Labute approximate surface area is 166 Å². The van der Waals surface area contributed by atoms with E-state index in [-0.39, 0.29) is 29.8 Å². The van der Waals surface area contributed by atoms with Crippen LogP contribution in [-0.4, -0.2) is 63.3 Å². The highest BCUT2D eigenvalue weighted by Gasteiger charge is 2.08. The van der Waals surface area contributed by atoms with Gasteiger partial charge in [0.1, 0.15) is 5.82 Å². The third kappa shape index (κ3) is 9.81. The molecule has 0 unspecified atom stereocenters. The van der Waals surface area contributed by atoms with Gasteiger partial charge < -0.3 is 21.1 Å². The van der Waals surface area contributed by atoms with Crippen LogP contribution in [0.25, 0.3) is 0 Å². The molecule has 0 saturated carbocycles. The number of guanidine groups is 1. The number of hydrogen-bond donors (Lipinski definition) is 3. The van der Waals surface area contributed by atoms with Crippen LogP contribution in [0.15, 0.2) is 29.3 Å². The Morgan fingerprint density at radius 2 is 2.04 bits per heavy atom. The molecule has 1 heterocycles. The fourth-order valence-corrected chi connectivity index (χ4v) is 2.51. The fourth-order valence-electron chi connectivity index (χ4n) is 2.51. The molecule has 1 aliphatic rings. The lowest BCUT2D eigenvalue weighted by Crippen LogP contribution is -2.39. The molecule has 142 valence electrons. The van der Waals surface area contributed by atoms with E-state index in [2.05, 4.69) is 20.5 Å². The summed E-state index contributed by atoms with van der Waals surface area (Å²) < 4.78 is 18.3. The minimum Gasteiger partial charge on any atom is -0.385 e. The monoisotopic (exact) mass is 465 g/mol. The number of aliphatic imine (C=N–C) groups is 1. The fraction of sp³-hybridized carbons (Fsp3) is 0.588. The summed E-state index contributed by atoms with van der Waals surface area (Å²) in [5, 5.41) is 6.30. The summed E-state index contributed by atoms with van der Waals surface area (Å²) in [5.74, 6) is 0.256. The zero-order valence-electron chi connectivity index (χ0n) is 14.5. The van der Waals surface area contributed by atoms with Crippen LogP contribution in [0.2, 0.25) is 0 Å². The molecule has 0 spiro atoms. The third-order valence-electron chi connectivity index (χ3n) is 3.83. The predicted octanol–water partition coefficient (Wildman–Crippen LogP) is 1.87. The van der Waals surface area contributed by atoms with Gasteiger partial charge in [-0.2, -0.15) is 0 Å². The number of nitrogens with zero attached hydrogens (tertiary/aromatic N) is 2. The van der Waals surface area contributed by atoms with Crippen LogP contribution in [0.4, 0.5) is 10.1 Å². The average Bonchev–Trinajstić information content (AvgIpc) is 2.59. The maximum atomic E-state index is 13.0. The van der Waals surface area contributed by atoms with Crippen LogP contribution < -0.4 is 16.4 Å². The van der Waals surface area contributed by atoms with Gasteiger partial charge in [-0.25, -0.2) is 4.39 Å². The van der Waals surface area contributed by atoms with E-state index >= 15 is 0 Å². The van der Waals surface area contributed by atoms with E-state index in [4.69, 9.17) is 10.5 Å². The topological polar surface area (TPSA) is 74.9 Å². The van der Waals surface area contributed by atoms with E-state index in [0.717, 1.165) is 64.5 Å². The summed E-state index contributed by atoms with van der Waals surface area (Å²) in [4.78, 5) is 6.69. The van der Waals surface area contributed by atoms with E-state index in [1.54, 1.807) is 6.07 Å². The van der Waals surface area contributed by atoms with Gasteiger partial charge in [0.25, 0.3) is 0 Å². The SMILES string of the molecule is I.NC(=NCCCNc1cccc(F)c1)NCCCN1CCOCC1. The first-order valence-corrected chi connectivity index (χ1v) is 8.57. The molecule has 1 aromatic rings. The van der Waals surface area contributed by atoms with Crippen molar-refractivity contribution in [1.29, 1.82) is 0 Å². The largest absolute Gasteiger partial charge is 0.385 e. The standard InChI is InChI=1S/C17H28FN5O.HI/c18-15-4-1-5-16(14-15)20-6-2-7-21-17(19)22-8-3-9-23-10-12-24-13-11-23;/h1,4-5,14,20H,2-3,6-13H2,(H3,19,21,22);1H. The van der Waals surface area contributed by atoms with Crippen molar-refractivity contribution < 1.29 is 9.13 Å². The Morgan fingerprint density at radius 1 is 1.24 bits per heavy atom. The smallest absolute Gasteiger partial charge is 0.188 e. The molecule has 1 fully saturated rings. The molecule has 1 aliphatic heterocycles. The number of benzene rings is 1. The molecule has 2 rings (SSSR count). The molecule has 4 N–H and O–H groups in total. The van der Waals surface area contributed by atoms with Gasteiger partial charge in [-0.3, -0.25) is 9.89 Å². The van der Waals surface area contributed by atoms with Gasteiger partial charge in [0, 0.05) is 38.4 Å². The maximum Gasteiger partial charge on any atom is 0.188 e. The van der Waals surface area contributed by atoms with Crippen LogP contribution in [-0.2, 0) is 4.74 Å². The lowest BCUT2D eigenvalue weighted by molar-refractivity contribution is 0.0376. The second-order valence-electron chi connectivity index (χ2n) is 5.79. The molecule has 0 bridgehead atoms. The highest BCUT2D eigenvalue weighted by molar-refractivity contribution is 14.0. The van der Waals surface area contributed by atoms with Crippen molar-refractivity contribution in [3.63, 3.8) is 0 Å². The third-order valence-corrected chi connectivity index (χ3v) is 3.83. The molecule has 6 nitrogen and oxygen atoms in total. The van der Waals surface area contributed by atoms with E-state index < -0.39 is 0 Å². The molecular weight excluding hydrogens is 436 g/mol. The van der Waals surface area contributed by atoms with Crippen LogP contribution in [0.1, 0.15) is 12.8 Å². The van der Waals surface area contributed by atoms with Crippen molar-refractivity contribution in [1.82, 2.24) is 10.2 Å². The number of anilines is 1. The Morgan fingerprint density at radius 3 is 2.80 bits per heavy atom. The summed E-state index contributed by atoms with van der Waals surface area (Å²) in [6.45, 7) is 6.96. The molecule has 1 saturated heterocycles. The van der Waals surface area contributed by atoms with Crippen molar-refractivity contribution in [2.24, 2.45) is 10.7 Å². The quantitative estimate of drug-likeness (QED) is 0.225. The number of ether oxygens (including phenoxy) is 1. The molecule has 0 aromatic heterocycles. The normalized spacial score (nSPS) is 15.5. The van der Waals surface area contributed by atoms with Crippen LogP contribution in [0.3, 0.4) is 0 Å². The van der Waals surface area contributed by atoms with Crippen molar-refractivity contribution in [2.45, 2.75) is 12.8 Å². The number of nitrogens with two attached hydrogens (primary N) is 1. The van der Waals surface area contributed by atoms with Gasteiger partial charge in [-0.1, -0.05) is 6.07 Å². The van der Waals surface area contributed by atoms with Crippen LogP contribution in [0.5, 0.6) is 0 Å². The van der Waals surface area contributed by atoms with Gasteiger partial charge in [-0.05, 0) is 37.6 Å². The van der Waals surface area contributed by atoms with Gasteiger partial charge in [0.05, 0.1) is 13.2 Å². The first-order chi connectivity index (χ1) is 11.7. The molecule has 0 radical (unpaired) electrons. The lowest BCUT2D eigenvalue weighted by atomic mass is 10.3. The second kappa shape index (κ2) is 13.1. The number of halogens is 2. The summed E-state index contributed by atoms with van der Waals surface area (Å²) in [5.41, 5.74) is 6.63. The summed E-state index contributed by atoms with van der Waals surface area (Å²) >= 11 is 0. The maximum absolute atomic E-state index is 13.0. The van der Waals surface area contributed by atoms with Gasteiger partial charge in [0.15, 0.2) is 5.96 Å². The number of morpholine rings is 1. The molecular formula is C17H29FIN5O. The molecule has 0 atom stereocenters. The van der Waals surface area contributed by atoms with Gasteiger partial charge in [-0.15, -0.1) is 24.0 Å². The minimum atomic E-state index is -0.233. The van der Waals surface area contributed by atoms with E-state index in [9.17, 15) is 4.39 Å². The van der Waals surface area contributed by atoms with Crippen molar-refractivity contribution in [3.8, 4) is 0 Å². The van der Waals surface area contributed by atoms with E-state index in [0.29, 0.717) is 12.5 Å². The number of rotatable bonds is 9. The van der Waals surface area contributed by atoms with E-state index in [1.807, 2.05) is 6.07 Å². The molecule has 0 amide bonds. The average molecular weight is 465 g/mol. The Bertz CT molecular complexity index is 512. The van der Waals surface area contributed by atoms with E-state index in [1.165, 1.54) is 12.1 Å². The predicted molar refractivity (Wildman–Crippen MR) is 111 cm³/mol. The summed E-state index contributed by atoms with van der Waals surface area (Å²) in [6.07, 6.45) is 1.88. The van der Waals surface area contributed by atoms with Gasteiger partial charge >= 0.3 is 0 Å². The van der Waals surface area contributed by atoms with Crippen LogP contribution >= 0.6 is 24.0 Å². The van der Waals surface area contributed by atoms with Crippen LogP contribution in [0, 0.1) is 5.82 Å². The van der Waals surface area contributed by atoms with Crippen molar-refractivity contribution in [2.75, 3.05) is 57.8 Å². The minimum absolute atomic E-state index is 0.